The molecule has 8 heteroatoms. The van der Waals surface area contributed by atoms with Crippen molar-refractivity contribution in [2.45, 2.75) is 31.7 Å². The van der Waals surface area contributed by atoms with Crippen LogP contribution in [-0.2, 0) is 9.59 Å². The molecule has 1 saturated heterocycles. The van der Waals surface area contributed by atoms with Crippen molar-refractivity contribution in [2.24, 2.45) is 5.92 Å². The lowest BCUT2D eigenvalue weighted by Crippen LogP contribution is -2.41. The number of furan rings is 1. The van der Waals surface area contributed by atoms with Gasteiger partial charge in [0.1, 0.15) is 11.4 Å². The topological polar surface area (TPSA) is 74.0 Å². The first kappa shape index (κ1) is 26.9. The number of hydrogen-bond acceptors (Lipinski definition) is 4. The summed E-state index contributed by atoms with van der Waals surface area (Å²) in [5, 5.41) is 11.9. The number of carbonyl (C=O) groups is 2. The van der Waals surface area contributed by atoms with E-state index in [1.54, 1.807) is 35.4 Å². The quantitative estimate of drug-likeness (QED) is 0.246. The molecule has 3 atom stereocenters. The third kappa shape index (κ3) is 5.70. The van der Waals surface area contributed by atoms with Crippen molar-refractivity contribution in [1.82, 2.24) is 4.90 Å². The summed E-state index contributed by atoms with van der Waals surface area (Å²) < 4.78 is 19.3. The van der Waals surface area contributed by atoms with Crippen molar-refractivity contribution in [2.75, 3.05) is 24.5 Å². The minimum Gasteiger partial charge on any atom is -0.481 e. The van der Waals surface area contributed by atoms with Gasteiger partial charge in [-0.1, -0.05) is 49.2 Å². The van der Waals surface area contributed by atoms with E-state index in [0.717, 1.165) is 29.4 Å². The number of benzene rings is 3. The predicted molar refractivity (Wildman–Crippen MR) is 150 cm³/mol. The van der Waals surface area contributed by atoms with Crippen LogP contribution in [0.5, 0.6) is 0 Å². The van der Waals surface area contributed by atoms with Crippen molar-refractivity contribution < 1.29 is 23.5 Å². The summed E-state index contributed by atoms with van der Waals surface area (Å²) in [6.07, 6.45) is 3.32. The molecule has 1 aromatic heterocycles. The van der Waals surface area contributed by atoms with Gasteiger partial charge in [-0.3, -0.25) is 14.5 Å². The zero-order chi connectivity index (χ0) is 27.5. The van der Waals surface area contributed by atoms with Crippen LogP contribution in [0.25, 0.3) is 11.0 Å². The first-order valence-electron chi connectivity index (χ1n) is 13.1. The summed E-state index contributed by atoms with van der Waals surface area (Å²) in [5.74, 6) is -2.75. The van der Waals surface area contributed by atoms with Gasteiger partial charge in [-0.2, -0.15) is 0 Å². The number of hydrogen-bond donors (Lipinski definition) is 1. The molecule has 0 aliphatic carbocycles. The molecule has 1 aliphatic heterocycles. The summed E-state index contributed by atoms with van der Waals surface area (Å²) in [4.78, 5) is 30.3. The van der Waals surface area contributed by atoms with E-state index >= 15 is 0 Å². The molecule has 1 fully saturated rings. The van der Waals surface area contributed by atoms with Crippen LogP contribution in [0.1, 0.15) is 42.9 Å². The predicted octanol–water partition coefficient (Wildman–Crippen LogP) is 6.90. The number of anilines is 1. The van der Waals surface area contributed by atoms with E-state index < -0.39 is 23.7 Å². The number of amides is 1. The lowest BCUT2D eigenvalue weighted by molar-refractivity contribution is -0.143. The Morgan fingerprint density at radius 2 is 1.85 bits per heavy atom. The van der Waals surface area contributed by atoms with Crippen LogP contribution in [0.3, 0.4) is 0 Å². The number of nitrogens with zero attached hydrogens (tertiary/aromatic N) is 2. The maximum Gasteiger partial charge on any atom is 0.309 e. The second-order valence-electron chi connectivity index (χ2n) is 9.99. The van der Waals surface area contributed by atoms with Crippen molar-refractivity contribution in [3.63, 3.8) is 0 Å². The molecule has 0 radical (unpaired) electrons. The molecule has 4 aromatic rings. The van der Waals surface area contributed by atoms with Gasteiger partial charge in [-0.15, -0.1) is 0 Å². The Kier molecular flexibility index (Phi) is 8.00. The van der Waals surface area contributed by atoms with Gasteiger partial charge in [0.2, 0.25) is 5.91 Å². The van der Waals surface area contributed by atoms with E-state index in [9.17, 15) is 19.1 Å². The van der Waals surface area contributed by atoms with Crippen LogP contribution in [0.4, 0.5) is 10.1 Å². The van der Waals surface area contributed by atoms with E-state index in [1.807, 2.05) is 41.3 Å². The maximum absolute atomic E-state index is 13.8. The van der Waals surface area contributed by atoms with Crippen LogP contribution in [0.2, 0.25) is 5.02 Å². The van der Waals surface area contributed by atoms with Crippen molar-refractivity contribution in [3.8, 4) is 0 Å². The highest BCUT2D eigenvalue weighted by Gasteiger charge is 2.48. The van der Waals surface area contributed by atoms with Gasteiger partial charge < -0.3 is 14.4 Å². The molecular weight excluding hydrogens is 519 g/mol. The first-order valence-corrected chi connectivity index (χ1v) is 13.5. The number of carboxylic acid groups (broad SMARTS) is 1. The van der Waals surface area contributed by atoms with E-state index in [1.165, 1.54) is 12.1 Å². The van der Waals surface area contributed by atoms with Gasteiger partial charge in [0.05, 0.1) is 18.7 Å². The molecule has 1 amide bonds. The number of likely N-dealkylation sites (tertiary alicyclic amines) is 1. The van der Waals surface area contributed by atoms with Crippen LogP contribution < -0.4 is 4.90 Å². The van der Waals surface area contributed by atoms with Gasteiger partial charge in [0.15, 0.2) is 0 Å². The van der Waals surface area contributed by atoms with Gasteiger partial charge >= 0.3 is 5.97 Å². The number of carboxylic acids is 1. The van der Waals surface area contributed by atoms with Gasteiger partial charge in [-0.05, 0) is 66.1 Å². The summed E-state index contributed by atoms with van der Waals surface area (Å²) >= 11 is 6.24. The molecule has 0 bridgehead atoms. The SMILES string of the molecule is CCCCN(C(=O)CN1CC(c2ccc3occc3c2)C(C(=O)O)C1c1ccc(F)cc1)c1cccc(Cl)c1. The lowest BCUT2D eigenvalue weighted by Gasteiger charge is -2.30. The van der Waals surface area contributed by atoms with Crippen molar-refractivity contribution >= 4 is 40.1 Å². The van der Waals surface area contributed by atoms with Crippen LogP contribution >= 0.6 is 11.6 Å². The van der Waals surface area contributed by atoms with Crippen LogP contribution in [0, 0.1) is 11.7 Å². The summed E-state index contributed by atoms with van der Waals surface area (Å²) in [5.41, 5.74) is 2.94. The highest BCUT2D eigenvalue weighted by molar-refractivity contribution is 6.30. The second kappa shape index (κ2) is 11.6. The Bertz CT molecular complexity index is 1470. The Morgan fingerprint density at radius 1 is 1.08 bits per heavy atom. The largest absolute Gasteiger partial charge is 0.481 e. The molecule has 1 N–H and O–H groups in total. The molecule has 3 aromatic carbocycles. The molecule has 202 valence electrons. The van der Waals surface area contributed by atoms with Crippen molar-refractivity contribution in [1.29, 1.82) is 0 Å². The lowest BCUT2D eigenvalue weighted by atomic mass is 9.82. The summed E-state index contributed by atoms with van der Waals surface area (Å²) in [6.45, 7) is 2.94. The van der Waals surface area contributed by atoms with Crippen molar-refractivity contribution in [3.05, 3.63) is 101 Å². The molecule has 2 heterocycles. The Labute approximate surface area is 231 Å². The molecule has 0 spiro atoms. The average Bonchev–Trinajstić information content (AvgIpc) is 3.54. The Morgan fingerprint density at radius 3 is 2.56 bits per heavy atom. The number of aliphatic carboxylic acids is 1. The minimum absolute atomic E-state index is 0.00645. The fourth-order valence-electron chi connectivity index (χ4n) is 5.62. The summed E-state index contributed by atoms with van der Waals surface area (Å²) in [7, 11) is 0. The zero-order valence-electron chi connectivity index (χ0n) is 21.6. The molecule has 6 nitrogen and oxygen atoms in total. The molecule has 5 rings (SSSR count). The molecule has 1 aliphatic rings. The highest BCUT2D eigenvalue weighted by Crippen LogP contribution is 2.46. The number of fused-ring (bicyclic) bond motifs is 1. The average molecular weight is 549 g/mol. The Balaban J connectivity index is 1.52. The third-order valence-electron chi connectivity index (χ3n) is 7.49. The van der Waals surface area contributed by atoms with E-state index in [-0.39, 0.29) is 18.4 Å². The highest BCUT2D eigenvalue weighted by atomic mass is 35.5. The van der Waals surface area contributed by atoms with E-state index in [4.69, 9.17) is 16.0 Å². The van der Waals surface area contributed by atoms with E-state index in [0.29, 0.717) is 29.4 Å². The molecule has 39 heavy (non-hydrogen) atoms. The standard InChI is InChI=1S/C31H30ClFN2O4/c1-2-3-14-35(25-6-4-5-23(32)17-25)28(36)19-34-18-26(21-9-12-27-22(16-21)13-15-39-27)29(31(37)38)30(34)20-7-10-24(33)11-8-20/h4-13,15-17,26,29-30H,2-3,14,18-19H2,1H3,(H,37,38). The fourth-order valence-corrected chi connectivity index (χ4v) is 5.81. The first-order chi connectivity index (χ1) is 18.9. The van der Waals surface area contributed by atoms with E-state index in [2.05, 4.69) is 6.92 Å². The fraction of sp³-hybridized carbons (Fsp3) is 0.290. The summed E-state index contributed by atoms with van der Waals surface area (Å²) in [6, 6.07) is 20.0. The van der Waals surface area contributed by atoms with Crippen LogP contribution in [0.15, 0.2) is 83.5 Å². The van der Waals surface area contributed by atoms with Gasteiger partial charge in [-0.25, -0.2) is 4.39 Å². The number of carbonyl (C=O) groups excluding carboxylic acids is 1. The molecule has 0 saturated carbocycles. The number of unbranched alkanes of at least 4 members (excludes halogenated alkanes) is 1. The minimum atomic E-state index is -0.964. The normalized spacial score (nSPS) is 19.4. The second-order valence-corrected chi connectivity index (χ2v) is 10.4. The van der Waals surface area contributed by atoms with Crippen LogP contribution in [-0.4, -0.2) is 41.5 Å². The third-order valence-corrected chi connectivity index (χ3v) is 7.73. The number of rotatable bonds is 9. The van der Waals surface area contributed by atoms with Gasteiger partial charge in [0, 0.05) is 41.1 Å². The smallest absolute Gasteiger partial charge is 0.309 e. The Hall–Kier alpha value is -3.68. The monoisotopic (exact) mass is 548 g/mol. The zero-order valence-corrected chi connectivity index (χ0v) is 22.4. The van der Waals surface area contributed by atoms with Gasteiger partial charge in [0.25, 0.3) is 0 Å². The maximum atomic E-state index is 13.8. The molecule has 3 unspecified atom stereocenters. The number of halogens is 2. The molecular formula is C31H30ClFN2O4.